The molecule has 2 unspecified atom stereocenters. The molecule has 0 saturated carbocycles. The van der Waals surface area contributed by atoms with E-state index in [-0.39, 0.29) is 12.7 Å². The topological polar surface area (TPSA) is 39.7 Å². The first-order valence-corrected chi connectivity index (χ1v) is 3.69. The Hall–Kier alpha value is -0.980. The third kappa shape index (κ3) is 1.55. The highest BCUT2D eigenvalue weighted by Crippen LogP contribution is 2.24. The summed E-state index contributed by atoms with van der Waals surface area (Å²) < 4.78 is 36.6. The van der Waals surface area contributed by atoms with Gasteiger partial charge in [-0.15, -0.1) is 0 Å². The van der Waals surface area contributed by atoms with Crippen LogP contribution in [0, 0.1) is 6.54 Å². The lowest BCUT2D eigenvalue weighted by Crippen LogP contribution is -2.59. The van der Waals surface area contributed by atoms with Crippen LogP contribution in [0.15, 0.2) is 5.10 Å². The maximum absolute atomic E-state index is 12.2. The summed E-state index contributed by atoms with van der Waals surface area (Å²) in [4.78, 5) is 1.44. The van der Waals surface area contributed by atoms with Gasteiger partial charge in [-0.2, -0.15) is 18.3 Å². The first kappa shape index (κ1) is 8.61. The van der Waals surface area contributed by atoms with Gasteiger partial charge in [0.2, 0.25) is 0 Å². The van der Waals surface area contributed by atoms with Gasteiger partial charge in [-0.1, -0.05) is 0 Å². The minimum Gasteiger partial charge on any atom is -0.336 e. The molecule has 2 radical (unpaired) electrons. The van der Waals surface area contributed by atoms with Crippen molar-refractivity contribution in [2.45, 2.75) is 18.4 Å². The second-order valence-corrected chi connectivity index (χ2v) is 2.86. The van der Waals surface area contributed by atoms with E-state index < -0.39 is 12.2 Å². The lowest BCUT2D eigenvalue weighted by atomic mass is 10.2. The van der Waals surface area contributed by atoms with E-state index in [1.54, 1.807) is 0 Å². The molecular weight excluding hydrogens is 185 g/mol. The molecule has 0 bridgehead atoms. The van der Waals surface area contributed by atoms with Gasteiger partial charge >= 0.3 is 6.18 Å². The Morgan fingerprint density at radius 1 is 1.54 bits per heavy atom. The first-order chi connectivity index (χ1) is 6.07. The fourth-order valence-electron chi connectivity index (χ4n) is 1.21. The number of fused-ring (bicyclic) bond motifs is 1. The molecule has 4 nitrogen and oxygen atoms in total. The molecule has 2 aliphatic rings. The number of piperazine rings is 1. The molecule has 0 aromatic rings. The zero-order chi connectivity index (χ0) is 9.47. The molecule has 72 valence electrons. The van der Waals surface area contributed by atoms with Gasteiger partial charge in [0.05, 0.1) is 0 Å². The number of halogens is 3. The normalized spacial score (nSPS) is 33.0. The Kier molecular flexibility index (Phi) is 1.83. The van der Waals surface area contributed by atoms with Crippen molar-refractivity contribution in [1.82, 2.24) is 15.6 Å². The standard InChI is InChI=1S/C6H7F3N4/c7-6(8,9)4-2-13-3-11-12-5(13)1-10-4/h3-5,10,12H,2H2. The highest BCUT2D eigenvalue weighted by Gasteiger charge is 2.44. The van der Waals surface area contributed by atoms with Crippen LogP contribution in [-0.4, -0.2) is 36.2 Å². The number of hydrazone groups is 1. The summed E-state index contributed by atoms with van der Waals surface area (Å²) in [7, 11) is 0. The molecule has 13 heavy (non-hydrogen) atoms. The van der Waals surface area contributed by atoms with Crippen molar-refractivity contribution in [2.24, 2.45) is 5.10 Å². The number of nitrogens with one attached hydrogen (secondary N) is 2. The van der Waals surface area contributed by atoms with Crippen LogP contribution in [-0.2, 0) is 0 Å². The van der Waals surface area contributed by atoms with E-state index in [4.69, 9.17) is 0 Å². The highest BCUT2D eigenvalue weighted by atomic mass is 19.4. The van der Waals surface area contributed by atoms with Gasteiger partial charge in [0, 0.05) is 6.54 Å². The average molecular weight is 192 g/mol. The minimum absolute atomic E-state index is 0.141. The van der Waals surface area contributed by atoms with Crippen LogP contribution in [0.4, 0.5) is 13.2 Å². The molecular formula is C6H7F3N4. The van der Waals surface area contributed by atoms with Gasteiger partial charge in [0.15, 0.2) is 0 Å². The van der Waals surface area contributed by atoms with E-state index in [1.807, 2.05) is 0 Å². The van der Waals surface area contributed by atoms with Crippen LogP contribution in [0.25, 0.3) is 0 Å². The molecule has 2 heterocycles. The quantitative estimate of drug-likeness (QED) is 0.555. The Morgan fingerprint density at radius 3 is 3.00 bits per heavy atom. The van der Waals surface area contributed by atoms with Crippen molar-refractivity contribution in [3.05, 3.63) is 6.54 Å². The molecule has 0 amide bonds. The van der Waals surface area contributed by atoms with Gasteiger partial charge in [-0.05, 0) is 0 Å². The van der Waals surface area contributed by atoms with Gasteiger partial charge in [0.25, 0.3) is 0 Å². The Morgan fingerprint density at radius 2 is 2.31 bits per heavy atom. The van der Waals surface area contributed by atoms with Gasteiger partial charge in [0.1, 0.15) is 25.1 Å². The van der Waals surface area contributed by atoms with Crippen LogP contribution < -0.4 is 10.7 Å². The van der Waals surface area contributed by atoms with Crippen LogP contribution >= 0.6 is 0 Å². The highest BCUT2D eigenvalue weighted by molar-refractivity contribution is 5.58. The molecule has 1 fully saturated rings. The molecule has 2 aliphatic heterocycles. The van der Waals surface area contributed by atoms with Crippen molar-refractivity contribution in [1.29, 1.82) is 0 Å². The Labute approximate surface area is 72.8 Å². The van der Waals surface area contributed by atoms with Gasteiger partial charge < -0.3 is 4.90 Å². The van der Waals surface area contributed by atoms with E-state index in [1.165, 1.54) is 11.2 Å². The molecule has 0 aliphatic carbocycles. The summed E-state index contributed by atoms with van der Waals surface area (Å²) >= 11 is 0. The number of alkyl halides is 3. The van der Waals surface area contributed by atoms with Crippen LogP contribution in [0.5, 0.6) is 0 Å². The second kappa shape index (κ2) is 2.76. The zero-order valence-electron chi connectivity index (χ0n) is 6.47. The molecule has 7 heteroatoms. The summed E-state index contributed by atoms with van der Waals surface area (Å²) in [5.41, 5.74) is 2.58. The lowest BCUT2D eigenvalue weighted by Gasteiger charge is -2.34. The minimum atomic E-state index is -4.24. The van der Waals surface area contributed by atoms with E-state index in [2.05, 4.69) is 22.4 Å². The van der Waals surface area contributed by atoms with Crippen molar-refractivity contribution in [3.8, 4) is 0 Å². The second-order valence-electron chi connectivity index (χ2n) is 2.86. The maximum Gasteiger partial charge on any atom is 0.405 e. The van der Waals surface area contributed by atoms with Gasteiger partial charge in [-0.25, -0.2) is 0 Å². The van der Waals surface area contributed by atoms with Crippen molar-refractivity contribution >= 4 is 6.34 Å². The summed E-state index contributed by atoms with van der Waals surface area (Å²) in [6, 6.07) is -1.56. The number of hydrogen-bond donors (Lipinski definition) is 2. The third-order valence-corrected chi connectivity index (χ3v) is 1.92. The SMILES string of the molecule is FC(F)(F)C1CN2C=NNC2[C]N1. The summed E-state index contributed by atoms with van der Waals surface area (Å²) in [5.74, 6) is 0. The largest absolute Gasteiger partial charge is 0.405 e. The van der Waals surface area contributed by atoms with Crippen LogP contribution in [0.3, 0.4) is 0 Å². The summed E-state index contributed by atoms with van der Waals surface area (Å²) in [6.45, 7) is 2.32. The third-order valence-electron chi connectivity index (χ3n) is 1.92. The predicted molar refractivity (Wildman–Crippen MR) is 38.3 cm³/mol. The summed E-state index contributed by atoms with van der Waals surface area (Å²) in [5, 5.41) is 5.80. The van der Waals surface area contributed by atoms with Crippen LogP contribution in [0.2, 0.25) is 0 Å². The number of hydrogen-bond acceptors (Lipinski definition) is 4. The Balaban J connectivity index is 2.01. The zero-order valence-corrected chi connectivity index (χ0v) is 6.47. The molecule has 2 N–H and O–H groups in total. The number of rotatable bonds is 0. The van der Waals surface area contributed by atoms with Gasteiger partial charge in [-0.3, -0.25) is 10.7 Å². The van der Waals surface area contributed by atoms with E-state index in [0.29, 0.717) is 0 Å². The van der Waals surface area contributed by atoms with Crippen molar-refractivity contribution < 1.29 is 13.2 Å². The van der Waals surface area contributed by atoms with Crippen LogP contribution in [0.1, 0.15) is 0 Å². The first-order valence-electron chi connectivity index (χ1n) is 3.69. The molecule has 2 rings (SSSR count). The lowest BCUT2D eigenvalue weighted by molar-refractivity contribution is -0.161. The molecule has 0 aromatic heterocycles. The predicted octanol–water partition coefficient (Wildman–Crippen LogP) is -0.266. The molecule has 2 atom stereocenters. The molecule has 0 aromatic carbocycles. The van der Waals surface area contributed by atoms with E-state index in [9.17, 15) is 13.2 Å². The molecule has 0 spiro atoms. The number of nitrogens with zero attached hydrogens (tertiary/aromatic N) is 2. The fourth-order valence-corrected chi connectivity index (χ4v) is 1.21. The Bertz CT molecular complexity index is 226. The fraction of sp³-hybridized carbons (Fsp3) is 0.667. The van der Waals surface area contributed by atoms with E-state index in [0.717, 1.165) is 0 Å². The van der Waals surface area contributed by atoms with E-state index >= 15 is 0 Å². The van der Waals surface area contributed by atoms with Crippen molar-refractivity contribution in [2.75, 3.05) is 6.54 Å². The maximum atomic E-state index is 12.2. The monoisotopic (exact) mass is 192 g/mol. The van der Waals surface area contributed by atoms with Crippen molar-refractivity contribution in [3.63, 3.8) is 0 Å². The smallest absolute Gasteiger partial charge is 0.336 e. The summed E-state index contributed by atoms with van der Waals surface area (Å²) in [6.07, 6.45) is -3.27. The molecule has 1 saturated heterocycles. The average Bonchev–Trinajstić information content (AvgIpc) is 2.47.